The minimum absolute atomic E-state index is 0.218. The van der Waals surface area contributed by atoms with Gasteiger partial charge in [-0.05, 0) is 60.7 Å². The lowest BCUT2D eigenvalue weighted by Gasteiger charge is -2.36. The van der Waals surface area contributed by atoms with Crippen LogP contribution in [0, 0.1) is 0 Å². The second kappa shape index (κ2) is 10.4. The van der Waals surface area contributed by atoms with E-state index in [4.69, 9.17) is 9.47 Å². The third-order valence-electron chi connectivity index (χ3n) is 5.23. The van der Waals surface area contributed by atoms with Crippen molar-refractivity contribution in [1.29, 1.82) is 0 Å². The van der Waals surface area contributed by atoms with Crippen molar-refractivity contribution in [1.82, 2.24) is 0 Å². The molecular weight excluding hydrogens is 502 g/mol. The van der Waals surface area contributed by atoms with Crippen LogP contribution in [0.4, 0.5) is 17.1 Å². The van der Waals surface area contributed by atoms with Gasteiger partial charge >= 0.3 is 0 Å². The maximum absolute atomic E-state index is 13.2. The zero-order chi connectivity index (χ0) is 24.1. The molecular formula is C25H22BrN3O5. The summed E-state index contributed by atoms with van der Waals surface area (Å²) in [5, 5.41) is 5.55. The highest BCUT2D eigenvalue weighted by atomic mass is 79.9. The minimum Gasteiger partial charge on any atom is -0.497 e. The molecule has 3 amide bonds. The van der Waals surface area contributed by atoms with Gasteiger partial charge in [0.2, 0.25) is 11.8 Å². The highest BCUT2D eigenvalue weighted by Gasteiger charge is 2.38. The average molecular weight is 524 g/mol. The Labute approximate surface area is 205 Å². The Morgan fingerprint density at radius 3 is 2.38 bits per heavy atom. The van der Waals surface area contributed by atoms with E-state index in [1.54, 1.807) is 79.9 Å². The number of hydrogen-bond acceptors (Lipinski definition) is 5. The van der Waals surface area contributed by atoms with E-state index in [0.29, 0.717) is 28.6 Å². The first kappa shape index (κ1) is 23.3. The Hall–Kier alpha value is -3.85. The van der Waals surface area contributed by atoms with E-state index in [1.807, 2.05) is 0 Å². The zero-order valence-corrected chi connectivity index (χ0v) is 19.9. The van der Waals surface area contributed by atoms with Crippen molar-refractivity contribution in [3.05, 3.63) is 77.3 Å². The number of hydrogen-bond donors (Lipinski definition) is 2. The number of carbonyl (C=O) groups is 3. The number of methoxy groups -OCH3 is 1. The molecule has 1 heterocycles. The summed E-state index contributed by atoms with van der Waals surface area (Å²) in [4.78, 5) is 40.2. The second-order valence-corrected chi connectivity index (χ2v) is 8.43. The summed E-state index contributed by atoms with van der Waals surface area (Å²) in [6.45, 7) is -0.307. The third kappa shape index (κ3) is 5.37. The SMILES string of the molecule is COc1ccc(OCC(=O)N2c3ccccc3NC(=O)C2CC(=O)Nc2ccc(Br)cc2)cc1. The number of carbonyl (C=O) groups excluding carboxylic acids is 3. The molecule has 0 bridgehead atoms. The fraction of sp³-hybridized carbons (Fsp3) is 0.160. The topological polar surface area (TPSA) is 97.0 Å². The summed E-state index contributed by atoms with van der Waals surface area (Å²) in [7, 11) is 1.56. The van der Waals surface area contributed by atoms with Crippen LogP contribution >= 0.6 is 15.9 Å². The predicted molar refractivity (Wildman–Crippen MR) is 132 cm³/mol. The lowest BCUT2D eigenvalue weighted by molar-refractivity contribution is -0.127. The molecule has 0 aromatic heterocycles. The number of anilines is 3. The summed E-state index contributed by atoms with van der Waals surface area (Å²) in [6.07, 6.45) is -0.218. The molecule has 0 saturated heterocycles. The van der Waals surface area contributed by atoms with Gasteiger partial charge in [-0.25, -0.2) is 0 Å². The molecule has 3 aromatic rings. The predicted octanol–water partition coefficient (Wildman–Crippen LogP) is 4.22. The molecule has 0 aliphatic carbocycles. The quantitative estimate of drug-likeness (QED) is 0.483. The molecule has 1 unspecified atom stereocenters. The maximum atomic E-state index is 13.2. The molecule has 3 aromatic carbocycles. The number of fused-ring (bicyclic) bond motifs is 1. The van der Waals surface area contributed by atoms with Gasteiger partial charge in [-0.3, -0.25) is 19.3 Å². The van der Waals surface area contributed by atoms with Gasteiger partial charge in [-0.1, -0.05) is 28.1 Å². The van der Waals surface area contributed by atoms with Crippen LogP contribution in [0.3, 0.4) is 0 Å². The fourth-order valence-electron chi connectivity index (χ4n) is 3.59. The Bertz CT molecular complexity index is 1200. The van der Waals surface area contributed by atoms with Crippen molar-refractivity contribution < 1.29 is 23.9 Å². The first-order valence-electron chi connectivity index (χ1n) is 10.5. The van der Waals surface area contributed by atoms with Crippen LogP contribution < -0.4 is 25.0 Å². The molecule has 0 radical (unpaired) electrons. The van der Waals surface area contributed by atoms with Crippen molar-refractivity contribution in [2.24, 2.45) is 0 Å². The maximum Gasteiger partial charge on any atom is 0.265 e. The number of nitrogens with one attached hydrogen (secondary N) is 2. The number of benzene rings is 3. The standard InChI is InChI=1S/C25H22BrN3O5/c1-33-18-10-12-19(13-11-18)34-15-24(31)29-21-5-3-2-4-20(21)28-25(32)22(29)14-23(30)27-17-8-6-16(26)7-9-17/h2-13,22H,14-15H2,1H3,(H,27,30)(H,28,32). The molecule has 34 heavy (non-hydrogen) atoms. The molecule has 0 saturated carbocycles. The highest BCUT2D eigenvalue weighted by molar-refractivity contribution is 9.10. The van der Waals surface area contributed by atoms with E-state index in [2.05, 4.69) is 26.6 Å². The van der Waals surface area contributed by atoms with Gasteiger partial charge in [-0.2, -0.15) is 0 Å². The van der Waals surface area contributed by atoms with Crippen molar-refractivity contribution in [3.63, 3.8) is 0 Å². The van der Waals surface area contributed by atoms with Gasteiger partial charge in [-0.15, -0.1) is 0 Å². The van der Waals surface area contributed by atoms with Gasteiger partial charge in [0.15, 0.2) is 6.61 Å². The molecule has 0 spiro atoms. The molecule has 4 rings (SSSR count). The zero-order valence-electron chi connectivity index (χ0n) is 18.3. The Kier molecular flexibility index (Phi) is 7.12. The van der Waals surface area contributed by atoms with E-state index in [0.717, 1.165) is 4.47 Å². The van der Waals surface area contributed by atoms with Gasteiger partial charge < -0.3 is 20.1 Å². The first-order valence-corrected chi connectivity index (χ1v) is 11.3. The third-order valence-corrected chi connectivity index (χ3v) is 5.76. The summed E-state index contributed by atoms with van der Waals surface area (Å²) >= 11 is 3.35. The molecule has 0 fully saturated rings. The Balaban J connectivity index is 1.52. The molecule has 9 heteroatoms. The first-order chi connectivity index (χ1) is 16.4. The summed E-state index contributed by atoms with van der Waals surface area (Å²) < 4.78 is 11.6. The summed E-state index contributed by atoms with van der Waals surface area (Å²) in [5.41, 5.74) is 1.59. The minimum atomic E-state index is -1.03. The number of rotatable bonds is 7. The number of para-hydroxylation sites is 2. The van der Waals surface area contributed by atoms with Crippen LogP contribution in [0.15, 0.2) is 77.3 Å². The normalized spacial score (nSPS) is 14.6. The fourth-order valence-corrected chi connectivity index (χ4v) is 3.85. The van der Waals surface area contributed by atoms with Crippen LogP contribution in [-0.2, 0) is 14.4 Å². The second-order valence-electron chi connectivity index (χ2n) is 7.51. The van der Waals surface area contributed by atoms with Crippen LogP contribution in [-0.4, -0.2) is 37.5 Å². The van der Waals surface area contributed by atoms with Crippen molar-refractivity contribution in [2.75, 3.05) is 29.3 Å². The largest absolute Gasteiger partial charge is 0.497 e. The van der Waals surface area contributed by atoms with E-state index >= 15 is 0 Å². The monoisotopic (exact) mass is 523 g/mol. The van der Waals surface area contributed by atoms with Crippen molar-refractivity contribution in [2.45, 2.75) is 12.5 Å². The van der Waals surface area contributed by atoms with E-state index in [9.17, 15) is 14.4 Å². The molecule has 1 aliphatic heterocycles. The molecule has 174 valence electrons. The lowest BCUT2D eigenvalue weighted by Crippen LogP contribution is -2.53. The van der Waals surface area contributed by atoms with Gasteiger partial charge in [0.1, 0.15) is 17.5 Å². The van der Waals surface area contributed by atoms with E-state index in [1.165, 1.54) is 4.90 Å². The number of nitrogens with zero attached hydrogens (tertiary/aromatic N) is 1. The van der Waals surface area contributed by atoms with Gasteiger partial charge in [0.25, 0.3) is 5.91 Å². The molecule has 2 N–H and O–H groups in total. The number of amides is 3. The van der Waals surface area contributed by atoms with Gasteiger partial charge in [0.05, 0.1) is 24.9 Å². The van der Waals surface area contributed by atoms with Crippen molar-refractivity contribution >= 4 is 50.7 Å². The summed E-state index contributed by atoms with van der Waals surface area (Å²) in [6, 6.07) is 19.8. The Morgan fingerprint density at radius 2 is 1.68 bits per heavy atom. The summed E-state index contributed by atoms with van der Waals surface area (Å²) in [5.74, 6) is -0.136. The molecule has 8 nitrogen and oxygen atoms in total. The van der Waals surface area contributed by atoms with E-state index < -0.39 is 23.8 Å². The lowest BCUT2D eigenvalue weighted by atomic mass is 10.0. The number of ether oxygens (including phenoxy) is 2. The van der Waals surface area contributed by atoms with Crippen LogP contribution in [0.1, 0.15) is 6.42 Å². The van der Waals surface area contributed by atoms with E-state index in [-0.39, 0.29) is 13.0 Å². The highest BCUT2D eigenvalue weighted by Crippen LogP contribution is 2.33. The molecule has 1 aliphatic rings. The smallest absolute Gasteiger partial charge is 0.265 e. The van der Waals surface area contributed by atoms with Crippen LogP contribution in [0.5, 0.6) is 11.5 Å². The van der Waals surface area contributed by atoms with Crippen LogP contribution in [0.25, 0.3) is 0 Å². The molecule has 1 atom stereocenters. The number of halogens is 1. The van der Waals surface area contributed by atoms with Crippen LogP contribution in [0.2, 0.25) is 0 Å². The Morgan fingerprint density at radius 1 is 1.00 bits per heavy atom. The average Bonchev–Trinajstić information content (AvgIpc) is 2.84. The van der Waals surface area contributed by atoms with Crippen molar-refractivity contribution in [3.8, 4) is 11.5 Å². The van der Waals surface area contributed by atoms with Gasteiger partial charge in [0, 0.05) is 10.2 Å².